The molecular formula is C17H19Cl2FN4O. The van der Waals surface area contributed by atoms with Crippen molar-refractivity contribution in [3.63, 3.8) is 0 Å². The highest BCUT2D eigenvalue weighted by Crippen LogP contribution is 2.22. The van der Waals surface area contributed by atoms with Crippen molar-refractivity contribution >= 4 is 29.1 Å². The van der Waals surface area contributed by atoms with E-state index in [0.29, 0.717) is 48.3 Å². The van der Waals surface area contributed by atoms with Crippen molar-refractivity contribution in [3.8, 4) is 0 Å². The molecule has 1 amide bonds. The summed E-state index contributed by atoms with van der Waals surface area (Å²) < 4.78 is 15.5. The highest BCUT2D eigenvalue weighted by Gasteiger charge is 2.26. The maximum Gasteiger partial charge on any atom is 0.247 e. The van der Waals surface area contributed by atoms with Gasteiger partial charge in [-0.3, -0.25) is 14.4 Å². The van der Waals surface area contributed by atoms with Crippen molar-refractivity contribution in [1.82, 2.24) is 19.6 Å². The number of carbonyl (C=O) groups is 1. The Morgan fingerprint density at radius 1 is 1.28 bits per heavy atom. The molecule has 1 aromatic carbocycles. The molecule has 1 aromatic heterocycles. The molecule has 8 heteroatoms. The van der Waals surface area contributed by atoms with E-state index in [4.69, 9.17) is 23.2 Å². The molecule has 1 aliphatic rings. The first kappa shape index (κ1) is 18.2. The van der Waals surface area contributed by atoms with Crippen LogP contribution in [-0.2, 0) is 11.3 Å². The minimum Gasteiger partial charge on any atom is -0.338 e. The van der Waals surface area contributed by atoms with Crippen LogP contribution < -0.4 is 0 Å². The molecule has 25 heavy (non-hydrogen) atoms. The molecule has 0 aliphatic carbocycles. The molecule has 1 fully saturated rings. The zero-order chi connectivity index (χ0) is 18.0. The molecule has 134 valence electrons. The van der Waals surface area contributed by atoms with Crippen molar-refractivity contribution in [3.05, 3.63) is 52.0 Å². The van der Waals surface area contributed by atoms with Gasteiger partial charge in [0.1, 0.15) is 11.9 Å². The number of carbonyl (C=O) groups excluding carboxylic acids is 1. The van der Waals surface area contributed by atoms with Gasteiger partial charge in [-0.2, -0.15) is 5.10 Å². The van der Waals surface area contributed by atoms with Crippen molar-refractivity contribution in [2.45, 2.75) is 19.5 Å². The van der Waals surface area contributed by atoms with Crippen molar-refractivity contribution in [1.29, 1.82) is 0 Å². The summed E-state index contributed by atoms with van der Waals surface area (Å²) in [6.45, 7) is 4.76. The molecule has 1 aliphatic heterocycles. The lowest BCUT2D eigenvalue weighted by Crippen LogP contribution is -2.50. The second-order valence-corrected chi connectivity index (χ2v) is 6.96. The lowest BCUT2D eigenvalue weighted by atomic mass is 10.1. The molecular weight excluding hydrogens is 366 g/mol. The largest absolute Gasteiger partial charge is 0.338 e. The van der Waals surface area contributed by atoms with E-state index >= 15 is 0 Å². The maximum atomic E-state index is 13.9. The van der Waals surface area contributed by atoms with Crippen LogP contribution in [0.3, 0.4) is 0 Å². The Balaban J connectivity index is 1.57. The molecule has 0 N–H and O–H groups in total. The van der Waals surface area contributed by atoms with E-state index in [1.807, 2.05) is 0 Å². The SMILES string of the molecule is CC(C(=O)N1CCN(Cc2c(F)cccc2Cl)CC1)n1cc(Cl)cn1. The fraction of sp³-hybridized carbons (Fsp3) is 0.412. The Morgan fingerprint density at radius 2 is 2.00 bits per heavy atom. The molecule has 3 rings (SSSR count). The third-order valence-corrected chi connectivity index (χ3v) is 5.00. The minimum atomic E-state index is -0.403. The fourth-order valence-corrected chi connectivity index (χ4v) is 3.30. The van der Waals surface area contributed by atoms with E-state index < -0.39 is 6.04 Å². The van der Waals surface area contributed by atoms with E-state index in [9.17, 15) is 9.18 Å². The number of rotatable bonds is 4. The third kappa shape index (κ3) is 4.14. The number of piperazine rings is 1. The summed E-state index contributed by atoms with van der Waals surface area (Å²) >= 11 is 11.9. The summed E-state index contributed by atoms with van der Waals surface area (Å²) in [4.78, 5) is 16.5. The first-order chi connectivity index (χ1) is 12.0. The van der Waals surface area contributed by atoms with E-state index in [-0.39, 0.29) is 11.7 Å². The van der Waals surface area contributed by atoms with E-state index in [0.717, 1.165) is 0 Å². The lowest BCUT2D eigenvalue weighted by Gasteiger charge is -2.36. The molecule has 1 atom stereocenters. The Labute approximate surface area is 155 Å². The lowest BCUT2D eigenvalue weighted by molar-refractivity contribution is -0.136. The van der Waals surface area contributed by atoms with Gasteiger partial charge in [0, 0.05) is 49.5 Å². The Bertz CT molecular complexity index is 739. The van der Waals surface area contributed by atoms with Crippen LogP contribution in [0.25, 0.3) is 0 Å². The van der Waals surface area contributed by atoms with Crippen molar-refractivity contribution in [2.75, 3.05) is 26.2 Å². The molecule has 0 saturated carbocycles. The highest BCUT2D eigenvalue weighted by molar-refractivity contribution is 6.31. The number of hydrogen-bond acceptors (Lipinski definition) is 3. The molecule has 2 aromatic rings. The second-order valence-electron chi connectivity index (χ2n) is 6.12. The van der Waals surface area contributed by atoms with Gasteiger partial charge < -0.3 is 4.90 Å². The number of amides is 1. The zero-order valence-corrected chi connectivity index (χ0v) is 15.3. The van der Waals surface area contributed by atoms with Crippen LogP contribution in [0.2, 0.25) is 10.0 Å². The van der Waals surface area contributed by atoms with Crippen LogP contribution in [0.4, 0.5) is 4.39 Å². The standard InChI is InChI=1S/C17H19Cl2FN4O/c1-12(24-10-13(18)9-21-24)17(25)23-7-5-22(6-8-23)11-14-15(19)3-2-4-16(14)20/h2-4,9-10,12H,5-8,11H2,1H3. The first-order valence-electron chi connectivity index (χ1n) is 8.09. The van der Waals surface area contributed by atoms with Crippen LogP contribution in [0.15, 0.2) is 30.6 Å². The maximum absolute atomic E-state index is 13.9. The van der Waals surface area contributed by atoms with E-state index in [2.05, 4.69) is 10.00 Å². The van der Waals surface area contributed by atoms with Crippen LogP contribution in [0, 0.1) is 5.82 Å². The van der Waals surface area contributed by atoms with Crippen molar-refractivity contribution in [2.24, 2.45) is 0 Å². The highest BCUT2D eigenvalue weighted by atomic mass is 35.5. The summed E-state index contributed by atoms with van der Waals surface area (Å²) in [5, 5.41) is 5.03. The normalized spacial score (nSPS) is 16.9. The Hall–Kier alpha value is -1.63. The van der Waals surface area contributed by atoms with Gasteiger partial charge in [-0.15, -0.1) is 0 Å². The van der Waals surface area contributed by atoms with Crippen LogP contribution in [0.1, 0.15) is 18.5 Å². The number of hydrogen-bond donors (Lipinski definition) is 0. The van der Waals surface area contributed by atoms with Gasteiger partial charge in [0.05, 0.1) is 11.2 Å². The van der Waals surface area contributed by atoms with Crippen LogP contribution in [0.5, 0.6) is 0 Å². The third-order valence-electron chi connectivity index (χ3n) is 4.45. The van der Waals surface area contributed by atoms with E-state index in [1.54, 1.807) is 34.8 Å². The summed E-state index contributed by atoms with van der Waals surface area (Å²) in [7, 11) is 0. The molecule has 1 unspecified atom stereocenters. The average molecular weight is 385 g/mol. The topological polar surface area (TPSA) is 41.4 Å². The molecule has 5 nitrogen and oxygen atoms in total. The predicted octanol–water partition coefficient (Wildman–Crippen LogP) is 3.23. The fourth-order valence-electron chi connectivity index (χ4n) is 2.94. The molecule has 1 saturated heterocycles. The van der Waals surface area contributed by atoms with Gasteiger partial charge >= 0.3 is 0 Å². The number of halogens is 3. The number of benzene rings is 1. The summed E-state index contributed by atoms with van der Waals surface area (Å²) in [5.41, 5.74) is 0.503. The average Bonchev–Trinajstić information content (AvgIpc) is 3.04. The molecule has 0 radical (unpaired) electrons. The van der Waals surface area contributed by atoms with Gasteiger partial charge in [-0.05, 0) is 19.1 Å². The van der Waals surface area contributed by atoms with Crippen LogP contribution in [-0.4, -0.2) is 51.7 Å². The molecule has 2 heterocycles. The summed E-state index contributed by atoms with van der Waals surface area (Å²) in [6.07, 6.45) is 3.15. The number of nitrogens with zero attached hydrogens (tertiary/aromatic N) is 4. The quantitative estimate of drug-likeness (QED) is 0.812. The Kier molecular flexibility index (Phi) is 5.61. The second kappa shape index (κ2) is 7.72. The Morgan fingerprint density at radius 3 is 2.60 bits per heavy atom. The van der Waals surface area contributed by atoms with Gasteiger partial charge in [-0.1, -0.05) is 29.3 Å². The van der Waals surface area contributed by atoms with Gasteiger partial charge in [-0.25, -0.2) is 4.39 Å². The molecule has 0 bridgehead atoms. The summed E-state index contributed by atoms with van der Waals surface area (Å²) in [6, 6.07) is 4.30. The smallest absolute Gasteiger partial charge is 0.247 e. The minimum absolute atomic E-state index is 0.00309. The zero-order valence-electron chi connectivity index (χ0n) is 13.8. The monoisotopic (exact) mass is 384 g/mol. The first-order valence-corrected chi connectivity index (χ1v) is 8.85. The van der Waals surface area contributed by atoms with E-state index in [1.165, 1.54) is 12.3 Å². The van der Waals surface area contributed by atoms with Crippen molar-refractivity contribution < 1.29 is 9.18 Å². The number of aromatic nitrogens is 2. The molecule has 0 spiro atoms. The van der Waals surface area contributed by atoms with Crippen LogP contribution >= 0.6 is 23.2 Å². The summed E-state index contributed by atoms with van der Waals surface area (Å²) in [5.74, 6) is -0.293. The van der Waals surface area contributed by atoms with Gasteiger partial charge in [0.2, 0.25) is 5.91 Å². The predicted molar refractivity (Wildman–Crippen MR) is 95.2 cm³/mol. The van der Waals surface area contributed by atoms with Gasteiger partial charge in [0.25, 0.3) is 0 Å². The van der Waals surface area contributed by atoms with Gasteiger partial charge in [0.15, 0.2) is 0 Å².